The highest BCUT2D eigenvalue weighted by atomic mass is 16.5. The minimum Gasteiger partial charge on any atom is -0.468 e. The second-order valence-corrected chi connectivity index (χ2v) is 3.29. The molecule has 0 aromatic carbocycles. The van der Waals surface area contributed by atoms with Crippen molar-refractivity contribution in [3.8, 4) is 0 Å². The average Bonchev–Trinajstić information content (AvgIpc) is 2.92. The lowest BCUT2D eigenvalue weighted by molar-refractivity contribution is -0.161. The van der Waals surface area contributed by atoms with Gasteiger partial charge in [-0.05, 0) is 13.3 Å². The number of esters is 2. The van der Waals surface area contributed by atoms with Crippen LogP contribution in [0, 0.1) is 11.3 Å². The van der Waals surface area contributed by atoms with Crippen LogP contribution in [-0.2, 0) is 19.1 Å². The van der Waals surface area contributed by atoms with Gasteiger partial charge < -0.3 is 9.47 Å². The van der Waals surface area contributed by atoms with Crippen LogP contribution in [0.4, 0.5) is 0 Å². The number of ether oxygens (including phenoxy) is 2. The molecule has 0 aromatic rings. The Morgan fingerprint density at radius 2 is 1.79 bits per heavy atom. The standard InChI is InChI=1S/C10H14O4/c1-4-5-7-6-10(7,8(11)13-2)9(12)14-3/h4-5,7H,6H2,1-3H3. The summed E-state index contributed by atoms with van der Waals surface area (Å²) in [4.78, 5) is 22.8. The lowest BCUT2D eigenvalue weighted by Gasteiger charge is -2.10. The Morgan fingerprint density at radius 3 is 2.14 bits per heavy atom. The molecule has 0 bridgehead atoms. The van der Waals surface area contributed by atoms with E-state index in [1.54, 1.807) is 0 Å². The number of hydrogen-bond acceptors (Lipinski definition) is 4. The van der Waals surface area contributed by atoms with Crippen molar-refractivity contribution in [2.45, 2.75) is 13.3 Å². The van der Waals surface area contributed by atoms with Crippen LogP contribution in [-0.4, -0.2) is 26.2 Å². The van der Waals surface area contributed by atoms with Crippen LogP contribution in [0.2, 0.25) is 0 Å². The molecular weight excluding hydrogens is 184 g/mol. The van der Waals surface area contributed by atoms with E-state index in [1.807, 2.05) is 19.1 Å². The summed E-state index contributed by atoms with van der Waals surface area (Å²) in [5.74, 6) is -1.09. The van der Waals surface area contributed by atoms with Crippen molar-refractivity contribution in [3.63, 3.8) is 0 Å². The largest absolute Gasteiger partial charge is 0.468 e. The van der Waals surface area contributed by atoms with Gasteiger partial charge in [-0.1, -0.05) is 12.2 Å². The Bertz CT molecular complexity index is 264. The maximum Gasteiger partial charge on any atom is 0.323 e. The van der Waals surface area contributed by atoms with Crippen molar-refractivity contribution in [3.05, 3.63) is 12.2 Å². The third-order valence-corrected chi connectivity index (χ3v) is 2.54. The van der Waals surface area contributed by atoms with E-state index < -0.39 is 17.4 Å². The van der Waals surface area contributed by atoms with Gasteiger partial charge in [-0.15, -0.1) is 0 Å². The number of carbonyl (C=O) groups excluding carboxylic acids is 2. The maximum absolute atomic E-state index is 11.4. The second kappa shape index (κ2) is 3.82. The Hall–Kier alpha value is -1.32. The summed E-state index contributed by atoms with van der Waals surface area (Å²) in [5.41, 5.74) is -1.07. The van der Waals surface area contributed by atoms with Crippen LogP contribution in [0.25, 0.3) is 0 Å². The first-order valence-electron chi connectivity index (χ1n) is 4.43. The van der Waals surface area contributed by atoms with Crippen molar-refractivity contribution in [1.82, 2.24) is 0 Å². The lowest BCUT2D eigenvalue weighted by Crippen LogP contribution is -2.30. The van der Waals surface area contributed by atoms with Gasteiger partial charge in [-0.25, -0.2) is 0 Å². The molecule has 1 aliphatic carbocycles. The topological polar surface area (TPSA) is 52.6 Å². The quantitative estimate of drug-likeness (QED) is 0.384. The number of carbonyl (C=O) groups is 2. The highest BCUT2D eigenvalue weighted by molar-refractivity contribution is 6.04. The molecule has 0 amide bonds. The third kappa shape index (κ3) is 1.41. The van der Waals surface area contributed by atoms with Crippen molar-refractivity contribution in [2.75, 3.05) is 14.2 Å². The van der Waals surface area contributed by atoms with Gasteiger partial charge >= 0.3 is 11.9 Å². The van der Waals surface area contributed by atoms with E-state index in [0.717, 1.165) is 0 Å². The summed E-state index contributed by atoms with van der Waals surface area (Å²) < 4.78 is 9.21. The minimum atomic E-state index is -1.07. The van der Waals surface area contributed by atoms with E-state index in [-0.39, 0.29) is 5.92 Å². The van der Waals surface area contributed by atoms with Crippen molar-refractivity contribution in [1.29, 1.82) is 0 Å². The summed E-state index contributed by atoms with van der Waals surface area (Å²) >= 11 is 0. The highest BCUT2D eigenvalue weighted by Crippen LogP contribution is 2.55. The van der Waals surface area contributed by atoms with Crippen molar-refractivity contribution < 1.29 is 19.1 Å². The van der Waals surface area contributed by atoms with Crippen LogP contribution in [0.15, 0.2) is 12.2 Å². The molecule has 0 aromatic heterocycles. The number of allylic oxidation sites excluding steroid dienone is 2. The Morgan fingerprint density at radius 1 is 1.29 bits per heavy atom. The molecule has 1 saturated carbocycles. The first-order chi connectivity index (χ1) is 6.63. The van der Waals surface area contributed by atoms with Gasteiger partial charge in [0.2, 0.25) is 0 Å². The van der Waals surface area contributed by atoms with E-state index in [1.165, 1.54) is 14.2 Å². The maximum atomic E-state index is 11.4. The molecular formula is C10H14O4. The molecule has 4 nitrogen and oxygen atoms in total. The molecule has 0 N–H and O–H groups in total. The summed E-state index contributed by atoms with van der Waals surface area (Å²) in [6.07, 6.45) is 4.13. The normalized spacial score (nSPS) is 23.2. The highest BCUT2D eigenvalue weighted by Gasteiger charge is 2.66. The van der Waals surface area contributed by atoms with Crippen LogP contribution in [0.3, 0.4) is 0 Å². The fraction of sp³-hybridized carbons (Fsp3) is 0.600. The van der Waals surface area contributed by atoms with Crippen molar-refractivity contribution in [2.24, 2.45) is 11.3 Å². The first-order valence-corrected chi connectivity index (χ1v) is 4.43. The van der Waals surface area contributed by atoms with Gasteiger partial charge in [-0.2, -0.15) is 0 Å². The predicted molar refractivity (Wildman–Crippen MR) is 49.4 cm³/mol. The van der Waals surface area contributed by atoms with E-state index in [9.17, 15) is 9.59 Å². The number of hydrogen-bond donors (Lipinski definition) is 0. The van der Waals surface area contributed by atoms with E-state index in [4.69, 9.17) is 0 Å². The second-order valence-electron chi connectivity index (χ2n) is 3.29. The zero-order chi connectivity index (χ0) is 10.8. The van der Waals surface area contributed by atoms with E-state index in [0.29, 0.717) is 6.42 Å². The monoisotopic (exact) mass is 198 g/mol. The Kier molecular flexibility index (Phi) is 2.93. The summed E-state index contributed by atoms with van der Waals surface area (Å²) in [6.45, 7) is 1.84. The zero-order valence-corrected chi connectivity index (χ0v) is 8.57. The molecule has 78 valence electrons. The smallest absolute Gasteiger partial charge is 0.323 e. The fourth-order valence-electron chi connectivity index (χ4n) is 1.67. The van der Waals surface area contributed by atoms with Gasteiger partial charge in [0.1, 0.15) is 0 Å². The van der Waals surface area contributed by atoms with Gasteiger partial charge in [0.05, 0.1) is 14.2 Å². The van der Waals surface area contributed by atoms with E-state index >= 15 is 0 Å². The van der Waals surface area contributed by atoms with Crippen LogP contribution < -0.4 is 0 Å². The molecule has 1 rings (SSSR count). The van der Waals surface area contributed by atoms with Crippen molar-refractivity contribution >= 4 is 11.9 Å². The summed E-state index contributed by atoms with van der Waals surface area (Å²) in [5, 5.41) is 0. The molecule has 0 radical (unpaired) electrons. The third-order valence-electron chi connectivity index (χ3n) is 2.54. The molecule has 1 aliphatic rings. The van der Waals surface area contributed by atoms with Gasteiger partial charge in [0.15, 0.2) is 5.41 Å². The van der Waals surface area contributed by atoms with Gasteiger partial charge in [0, 0.05) is 5.92 Å². The SMILES string of the molecule is CC=CC1CC1(C(=O)OC)C(=O)OC. The molecule has 0 heterocycles. The van der Waals surface area contributed by atoms with Crippen LogP contribution >= 0.6 is 0 Å². The predicted octanol–water partition coefficient (Wildman–Crippen LogP) is 0.915. The Balaban J connectivity index is 2.86. The Labute approximate surface area is 82.9 Å². The minimum absolute atomic E-state index is 0.0765. The average molecular weight is 198 g/mol. The molecule has 4 heteroatoms. The zero-order valence-electron chi connectivity index (χ0n) is 8.57. The van der Waals surface area contributed by atoms with Crippen LogP contribution in [0.1, 0.15) is 13.3 Å². The van der Waals surface area contributed by atoms with Crippen LogP contribution in [0.5, 0.6) is 0 Å². The van der Waals surface area contributed by atoms with Gasteiger partial charge in [0.25, 0.3) is 0 Å². The first kappa shape index (κ1) is 10.8. The number of rotatable bonds is 3. The molecule has 0 saturated heterocycles. The molecule has 0 spiro atoms. The summed E-state index contributed by atoms with van der Waals surface area (Å²) in [6, 6.07) is 0. The lowest BCUT2D eigenvalue weighted by atomic mass is 10.0. The molecule has 1 unspecified atom stereocenters. The molecule has 1 fully saturated rings. The van der Waals surface area contributed by atoms with Gasteiger partial charge in [-0.3, -0.25) is 9.59 Å². The fourth-order valence-corrected chi connectivity index (χ4v) is 1.67. The molecule has 1 atom stereocenters. The molecule has 14 heavy (non-hydrogen) atoms. The summed E-state index contributed by atoms with van der Waals surface area (Å²) in [7, 11) is 2.55. The molecule has 0 aliphatic heterocycles. The van der Waals surface area contributed by atoms with E-state index in [2.05, 4.69) is 9.47 Å². The number of methoxy groups -OCH3 is 2.